The highest BCUT2D eigenvalue weighted by Crippen LogP contribution is 2.31. The smallest absolute Gasteiger partial charge is 0.353 e. The zero-order chi connectivity index (χ0) is 21.8. The largest absolute Gasteiger partial charge is 0.416 e. The van der Waals surface area contributed by atoms with E-state index in [0.29, 0.717) is 31.7 Å². The Morgan fingerprint density at radius 3 is 2.39 bits per heavy atom. The van der Waals surface area contributed by atoms with Gasteiger partial charge in [0.15, 0.2) is 0 Å². The summed E-state index contributed by atoms with van der Waals surface area (Å²) in [4.78, 5) is 25.5. The van der Waals surface area contributed by atoms with Crippen molar-refractivity contribution in [1.82, 2.24) is 14.9 Å². The molecule has 0 unspecified atom stereocenters. The molecule has 3 aromatic rings. The first-order chi connectivity index (χ1) is 14.9. The second-order valence-electron chi connectivity index (χ2n) is 7.07. The molecule has 2 aromatic heterocycles. The second-order valence-corrected chi connectivity index (χ2v) is 7.07. The number of alkyl halides is 3. The molecule has 6 nitrogen and oxygen atoms in total. The van der Waals surface area contributed by atoms with Crippen LogP contribution in [0.2, 0.25) is 0 Å². The van der Waals surface area contributed by atoms with E-state index in [-0.39, 0.29) is 17.4 Å². The topological polar surface area (TPSA) is 61.4 Å². The van der Waals surface area contributed by atoms with Gasteiger partial charge in [0.25, 0.3) is 5.91 Å². The lowest BCUT2D eigenvalue weighted by atomic mass is 10.1. The van der Waals surface area contributed by atoms with Gasteiger partial charge in [-0.2, -0.15) is 13.2 Å². The standard InChI is InChI=1S/C22H20F3N5O/c23-22(24,25)16-5-3-6-17(15-16)28-20-18(7-4-10-27-20)21(31)30-13-11-29(12-14-30)19-8-1-2-9-26-19/h1-10,15H,11-14H2,(H,27,28). The number of carbonyl (C=O) groups is 1. The third-order valence-corrected chi connectivity index (χ3v) is 5.03. The van der Waals surface area contributed by atoms with E-state index in [9.17, 15) is 18.0 Å². The van der Waals surface area contributed by atoms with Crippen LogP contribution in [0.5, 0.6) is 0 Å². The Balaban J connectivity index is 1.48. The van der Waals surface area contributed by atoms with Gasteiger partial charge in [-0.25, -0.2) is 9.97 Å². The quantitative estimate of drug-likeness (QED) is 0.676. The van der Waals surface area contributed by atoms with Crippen molar-refractivity contribution in [3.05, 3.63) is 78.1 Å². The Morgan fingerprint density at radius 2 is 1.68 bits per heavy atom. The molecule has 1 aromatic carbocycles. The summed E-state index contributed by atoms with van der Waals surface area (Å²) in [6.07, 6.45) is -1.23. The summed E-state index contributed by atoms with van der Waals surface area (Å²) in [6.45, 7) is 2.29. The summed E-state index contributed by atoms with van der Waals surface area (Å²) in [5.41, 5.74) is -0.249. The normalized spacial score (nSPS) is 14.4. The number of carbonyl (C=O) groups excluding carboxylic acids is 1. The highest BCUT2D eigenvalue weighted by molar-refractivity contribution is 5.99. The van der Waals surface area contributed by atoms with Crippen LogP contribution in [0.3, 0.4) is 0 Å². The molecule has 160 valence electrons. The van der Waals surface area contributed by atoms with E-state index in [1.165, 1.54) is 18.3 Å². The van der Waals surface area contributed by atoms with Crippen LogP contribution in [-0.4, -0.2) is 47.0 Å². The maximum absolute atomic E-state index is 13.1. The number of hydrogen-bond donors (Lipinski definition) is 1. The molecule has 1 aliphatic heterocycles. The van der Waals surface area contributed by atoms with Crippen molar-refractivity contribution in [2.45, 2.75) is 6.18 Å². The van der Waals surface area contributed by atoms with E-state index < -0.39 is 11.7 Å². The molecule has 31 heavy (non-hydrogen) atoms. The molecule has 4 rings (SSSR count). The van der Waals surface area contributed by atoms with Crippen LogP contribution in [0.25, 0.3) is 0 Å². The molecule has 0 atom stereocenters. The lowest BCUT2D eigenvalue weighted by molar-refractivity contribution is -0.137. The Labute approximate surface area is 177 Å². The average molecular weight is 427 g/mol. The number of halogens is 3. The first-order valence-electron chi connectivity index (χ1n) is 9.76. The van der Waals surface area contributed by atoms with Gasteiger partial charge in [-0.15, -0.1) is 0 Å². The number of aromatic nitrogens is 2. The number of nitrogens with zero attached hydrogens (tertiary/aromatic N) is 4. The highest BCUT2D eigenvalue weighted by Gasteiger charge is 2.30. The minimum Gasteiger partial charge on any atom is -0.353 e. The fourth-order valence-electron chi connectivity index (χ4n) is 3.44. The Morgan fingerprint density at radius 1 is 0.903 bits per heavy atom. The second kappa shape index (κ2) is 8.63. The summed E-state index contributed by atoms with van der Waals surface area (Å²) in [5.74, 6) is 0.866. The molecule has 0 aliphatic carbocycles. The number of benzene rings is 1. The maximum atomic E-state index is 13.1. The van der Waals surface area contributed by atoms with E-state index in [4.69, 9.17) is 0 Å². The van der Waals surface area contributed by atoms with Crippen LogP contribution in [-0.2, 0) is 6.18 Å². The van der Waals surface area contributed by atoms with Crippen molar-refractivity contribution in [3.63, 3.8) is 0 Å². The molecule has 1 amide bonds. The van der Waals surface area contributed by atoms with Crippen LogP contribution in [0, 0.1) is 0 Å². The molecule has 0 bridgehead atoms. The van der Waals surface area contributed by atoms with Crippen LogP contribution in [0.15, 0.2) is 67.0 Å². The van der Waals surface area contributed by atoms with Crippen LogP contribution < -0.4 is 10.2 Å². The summed E-state index contributed by atoms with van der Waals surface area (Å²) in [5, 5.41) is 2.86. The lowest BCUT2D eigenvalue weighted by Crippen LogP contribution is -2.49. The van der Waals surface area contributed by atoms with Crippen LogP contribution in [0.4, 0.5) is 30.5 Å². The van der Waals surface area contributed by atoms with Gasteiger partial charge in [0.05, 0.1) is 11.1 Å². The number of nitrogens with one attached hydrogen (secondary N) is 1. The van der Waals surface area contributed by atoms with Gasteiger partial charge in [-0.1, -0.05) is 12.1 Å². The van der Waals surface area contributed by atoms with E-state index in [2.05, 4.69) is 20.2 Å². The summed E-state index contributed by atoms with van der Waals surface area (Å²) in [6, 6.07) is 13.8. The Bertz CT molecular complexity index is 1050. The van der Waals surface area contributed by atoms with E-state index in [0.717, 1.165) is 18.0 Å². The van der Waals surface area contributed by atoms with Crippen molar-refractivity contribution in [2.24, 2.45) is 0 Å². The van der Waals surface area contributed by atoms with Crippen molar-refractivity contribution >= 4 is 23.2 Å². The van der Waals surface area contributed by atoms with E-state index >= 15 is 0 Å². The first-order valence-corrected chi connectivity index (χ1v) is 9.76. The molecule has 0 radical (unpaired) electrons. The predicted molar refractivity (Wildman–Crippen MR) is 111 cm³/mol. The zero-order valence-electron chi connectivity index (χ0n) is 16.5. The summed E-state index contributed by atoms with van der Waals surface area (Å²) < 4.78 is 39.0. The van der Waals surface area contributed by atoms with Gasteiger partial charge in [-0.3, -0.25) is 4.79 Å². The van der Waals surface area contributed by atoms with Crippen LogP contribution >= 0.6 is 0 Å². The van der Waals surface area contributed by atoms with Gasteiger partial charge >= 0.3 is 6.18 Å². The minimum atomic E-state index is -4.45. The molecule has 1 fully saturated rings. The van der Waals surface area contributed by atoms with Gasteiger partial charge < -0.3 is 15.1 Å². The molecule has 1 saturated heterocycles. The van der Waals surface area contributed by atoms with Crippen molar-refractivity contribution < 1.29 is 18.0 Å². The van der Waals surface area contributed by atoms with Crippen molar-refractivity contribution in [2.75, 3.05) is 36.4 Å². The number of piperazine rings is 1. The monoisotopic (exact) mass is 427 g/mol. The number of anilines is 3. The minimum absolute atomic E-state index is 0.211. The number of hydrogen-bond acceptors (Lipinski definition) is 5. The van der Waals surface area contributed by atoms with Gasteiger partial charge in [0.1, 0.15) is 11.6 Å². The fourth-order valence-corrected chi connectivity index (χ4v) is 3.44. The number of amides is 1. The van der Waals surface area contributed by atoms with Crippen LogP contribution in [0.1, 0.15) is 15.9 Å². The molecule has 1 N–H and O–H groups in total. The first kappa shape index (κ1) is 20.6. The SMILES string of the molecule is O=C(c1cccnc1Nc1cccc(C(F)(F)F)c1)N1CCN(c2ccccn2)CC1. The van der Waals surface area contributed by atoms with Gasteiger partial charge in [0, 0.05) is 44.3 Å². The van der Waals surface area contributed by atoms with Gasteiger partial charge in [-0.05, 0) is 42.5 Å². The van der Waals surface area contributed by atoms with Crippen molar-refractivity contribution in [3.8, 4) is 0 Å². The average Bonchev–Trinajstić information content (AvgIpc) is 2.79. The highest BCUT2D eigenvalue weighted by atomic mass is 19.4. The third kappa shape index (κ3) is 4.76. The number of rotatable bonds is 4. The Hall–Kier alpha value is -3.62. The molecule has 1 aliphatic rings. The number of pyridine rings is 2. The summed E-state index contributed by atoms with van der Waals surface area (Å²) >= 11 is 0. The van der Waals surface area contributed by atoms with Gasteiger partial charge in [0.2, 0.25) is 0 Å². The summed E-state index contributed by atoms with van der Waals surface area (Å²) in [7, 11) is 0. The zero-order valence-corrected chi connectivity index (χ0v) is 16.5. The molecule has 0 saturated carbocycles. The predicted octanol–water partition coefficient (Wildman–Crippen LogP) is 4.20. The van der Waals surface area contributed by atoms with Crippen molar-refractivity contribution in [1.29, 1.82) is 0 Å². The maximum Gasteiger partial charge on any atom is 0.416 e. The third-order valence-electron chi connectivity index (χ3n) is 5.03. The van der Waals surface area contributed by atoms with E-state index in [1.807, 2.05) is 18.2 Å². The lowest BCUT2D eigenvalue weighted by Gasteiger charge is -2.35. The van der Waals surface area contributed by atoms with E-state index in [1.54, 1.807) is 23.2 Å². The molecule has 9 heteroatoms. The Kier molecular flexibility index (Phi) is 5.75. The molecular formula is C22H20F3N5O. The molecule has 0 spiro atoms. The fraction of sp³-hybridized carbons (Fsp3) is 0.227. The molecule has 3 heterocycles. The molecular weight excluding hydrogens is 407 g/mol.